The molecule has 5 aromatic rings. The minimum Gasteiger partial charge on any atom is -0.494 e. The fraction of sp³-hybridized carbons (Fsp3) is 0.444. The molecule has 6 heterocycles. The van der Waals surface area contributed by atoms with Gasteiger partial charge in [-0.3, -0.25) is 34.2 Å². The van der Waals surface area contributed by atoms with E-state index in [0.29, 0.717) is 72.4 Å². The van der Waals surface area contributed by atoms with Crippen LogP contribution in [-0.4, -0.2) is 117 Å². The Balaban J connectivity index is 0.790. The Morgan fingerprint density at radius 1 is 0.984 bits per heavy atom. The standard InChI is InChI=1S/C45H50FN11O6/c1-45(2,62)34-22-36-29(19-37(34)49-42(59)38-9-8-32-18-27(23-47)24-48-57(32)38)26-56(51-36)31-6-4-30(5-7-31)52-14-16-53(17-15-52)43(60)28-10-12-54(25-28)33-20-35(46)41(39(21-33)63-3)55-13-11-40(58)50-44(55)61/h8-9,18-22,24,26,28,30-31,62H,4-7,10-17,25H2,1-3H3,(H,49,59)(H,50,58,61)/t28-,30?,31?/m1/s1. The molecule has 4 aliphatic rings. The van der Waals surface area contributed by atoms with Gasteiger partial charge in [0, 0.05) is 92.9 Å². The van der Waals surface area contributed by atoms with Crippen molar-refractivity contribution in [1.82, 2.24) is 34.5 Å². The van der Waals surface area contributed by atoms with E-state index < -0.39 is 29.3 Å². The summed E-state index contributed by atoms with van der Waals surface area (Å²) in [6, 6.07) is 13.8. The smallest absolute Gasteiger partial charge is 0.328 e. The largest absolute Gasteiger partial charge is 0.494 e. The fourth-order valence-electron chi connectivity index (χ4n) is 9.69. The summed E-state index contributed by atoms with van der Waals surface area (Å²) in [6.07, 6.45) is 8.01. The highest BCUT2D eigenvalue weighted by Crippen LogP contribution is 2.39. The summed E-state index contributed by atoms with van der Waals surface area (Å²) >= 11 is 0. The minimum absolute atomic E-state index is 0.0150. The van der Waals surface area contributed by atoms with E-state index in [1.54, 1.807) is 38.1 Å². The molecule has 0 bridgehead atoms. The number of hydrogen-bond donors (Lipinski definition) is 3. The lowest BCUT2D eigenvalue weighted by atomic mass is 9.90. The Kier molecular flexibility index (Phi) is 11.0. The molecule has 0 radical (unpaired) electrons. The summed E-state index contributed by atoms with van der Waals surface area (Å²) in [4.78, 5) is 59.0. The molecule has 3 aromatic heterocycles. The number of carbonyl (C=O) groups is 4. The number of anilines is 3. The lowest BCUT2D eigenvalue weighted by Crippen LogP contribution is -2.53. The van der Waals surface area contributed by atoms with Crippen LogP contribution >= 0.6 is 0 Å². The van der Waals surface area contributed by atoms with Crippen molar-refractivity contribution in [3.8, 4) is 11.8 Å². The summed E-state index contributed by atoms with van der Waals surface area (Å²) in [5.74, 6) is -1.35. The molecule has 3 N–H and O–H groups in total. The molecule has 1 aliphatic carbocycles. The third kappa shape index (κ3) is 8.14. The van der Waals surface area contributed by atoms with Gasteiger partial charge < -0.3 is 25.0 Å². The van der Waals surface area contributed by atoms with Crippen molar-refractivity contribution in [1.29, 1.82) is 5.26 Å². The molecule has 328 valence electrons. The molecule has 1 atom stereocenters. The Hall–Kier alpha value is -6.58. The zero-order chi connectivity index (χ0) is 44.2. The number of ether oxygens (including phenoxy) is 1. The molecule has 3 aliphatic heterocycles. The van der Waals surface area contributed by atoms with E-state index in [9.17, 15) is 29.5 Å². The molecule has 9 rings (SSSR count). The van der Waals surface area contributed by atoms with E-state index in [2.05, 4.69) is 26.7 Å². The van der Waals surface area contributed by atoms with Crippen LogP contribution in [0.1, 0.15) is 80.0 Å². The summed E-state index contributed by atoms with van der Waals surface area (Å²) in [6.45, 7) is 7.34. The Labute approximate surface area is 362 Å². The number of nitrogens with zero attached hydrogens (tertiary/aromatic N) is 9. The molecule has 0 spiro atoms. The molecular weight excluding hydrogens is 810 g/mol. The number of benzene rings is 2. The van der Waals surface area contributed by atoms with Crippen molar-refractivity contribution in [2.45, 2.75) is 70.1 Å². The van der Waals surface area contributed by atoms with Crippen LogP contribution in [-0.2, 0) is 15.2 Å². The number of rotatable bonds is 9. The third-order valence-electron chi connectivity index (χ3n) is 13.1. The second-order valence-corrected chi connectivity index (χ2v) is 17.5. The number of fused-ring (bicyclic) bond motifs is 2. The van der Waals surface area contributed by atoms with Gasteiger partial charge in [0.15, 0.2) is 5.82 Å². The SMILES string of the molecule is COc1cc(N2CC[C@@H](C(=O)N3CCN(C4CCC(n5cc6cc(NC(=O)c7ccc8cc(C#N)cnn78)c(C(C)(C)O)cc6n5)CC4)CC3)C2)cc(F)c1N1CCC(=O)NC1=O. The van der Waals surface area contributed by atoms with Crippen LogP contribution in [0, 0.1) is 23.1 Å². The average Bonchev–Trinajstić information content (AvgIpc) is 4.05. The molecule has 0 unspecified atom stereocenters. The number of carbonyl (C=O) groups excluding carboxylic acids is 4. The lowest BCUT2D eigenvalue weighted by molar-refractivity contribution is -0.137. The van der Waals surface area contributed by atoms with Crippen molar-refractivity contribution >= 4 is 57.2 Å². The average molecular weight is 860 g/mol. The molecule has 17 nitrogen and oxygen atoms in total. The Morgan fingerprint density at radius 2 is 1.75 bits per heavy atom. The second-order valence-electron chi connectivity index (χ2n) is 17.5. The fourth-order valence-corrected chi connectivity index (χ4v) is 9.69. The number of nitrogens with one attached hydrogen (secondary N) is 2. The highest BCUT2D eigenvalue weighted by molar-refractivity contribution is 6.07. The molecular formula is C45H50FN11O6. The van der Waals surface area contributed by atoms with E-state index in [1.807, 2.05) is 32.8 Å². The number of aliphatic hydroxyl groups is 1. The van der Waals surface area contributed by atoms with Crippen molar-refractivity contribution < 1.29 is 33.4 Å². The number of methoxy groups -OCH3 is 1. The van der Waals surface area contributed by atoms with Gasteiger partial charge >= 0.3 is 6.03 Å². The Bertz CT molecular complexity index is 2670. The summed E-state index contributed by atoms with van der Waals surface area (Å²) in [5, 5.41) is 35.7. The number of piperazine rings is 1. The normalized spacial score (nSPS) is 21.2. The number of hydrogen-bond acceptors (Lipinski definition) is 11. The predicted octanol–water partition coefficient (Wildman–Crippen LogP) is 4.78. The van der Waals surface area contributed by atoms with E-state index in [0.717, 1.165) is 49.7 Å². The summed E-state index contributed by atoms with van der Waals surface area (Å²) in [7, 11) is 1.41. The second kappa shape index (κ2) is 16.6. The van der Waals surface area contributed by atoms with Crippen molar-refractivity contribution in [2.24, 2.45) is 5.92 Å². The number of imide groups is 1. The van der Waals surface area contributed by atoms with Crippen LogP contribution in [0.25, 0.3) is 16.4 Å². The quantitative estimate of drug-likeness (QED) is 0.185. The molecule has 4 fully saturated rings. The van der Waals surface area contributed by atoms with Crippen LogP contribution in [0.3, 0.4) is 0 Å². The van der Waals surface area contributed by atoms with E-state index in [-0.39, 0.29) is 42.3 Å². The van der Waals surface area contributed by atoms with Gasteiger partial charge in [-0.1, -0.05) is 0 Å². The first-order chi connectivity index (χ1) is 30.3. The van der Waals surface area contributed by atoms with Gasteiger partial charge in [0.25, 0.3) is 5.91 Å². The zero-order valence-electron chi connectivity index (χ0n) is 35.5. The first kappa shape index (κ1) is 41.8. The lowest BCUT2D eigenvalue weighted by Gasteiger charge is -2.42. The number of amides is 5. The van der Waals surface area contributed by atoms with Crippen LogP contribution < -0.4 is 25.2 Å². The maximum absolute atomic E-state index is 15.6. The molecule has 2 aromatic carbocycles. The molecule has 5 amide bonds. The van der Waals surface area contributed by atoms with Crippen LogP contribution in [0.2, 0.25) is 0 Å². The van der Waals surface area contributed by atoms with Crippen LogP contribution in [0.4, 0.5) is 26.2 Å². The summed E-state index contributed by atoms with van der Waals surface area (Å²) < 4.78 is 24.6. The molecule has 1 saturated carbocycles. The number of aromatic nitrogens is 4. The maximum Gasteiger partial charge on any atom is 0.328 e. The van der Waals surface area contributed by atoms with Crippen LogP contribution in [0.5, 0.6) is 5.75 Å². The zero-order valence-corrected chi connectivity index (χ0v) is 35.5. The van der Waals surface area contributed by atoms with Gasteiger partial charge in [-0.05, 0) is 82.3 Å². The topological polar surface area (TPSA) is 194 Å². The number of halogens is 1. The molecule has 63 heavy (non-hydrogen) atoms. The highest BCUT2D eigenvalue weighted by Gasteiger charge is 2.37. The third-order valence-corrected chi connectivity index (χ3v) is 13.1. The van der Waals surface area contributed by atoms with E-state index in [4.69, 9.17) is 9.84 Å². The van der Waals surface area contributed by atoms with Crippen molar-refractivity contribution in [3.63, 3.8) is 0 Å². The Morgan fingerprint density at radius 3 is 2.46 bits per heavy atom. The van der Waals surface area contributed by atoms with Gasteiger partial charge in [-0.2, -0.15) is 15.5 Å². The monoisotopic (exact) mass is 859 g/mol. The van der Waals surface area contributed by atoms with Gasteiger partial charge in [0.2, 0.25) is 11.8 Å². The van der Waals surface area contributed by atoms with Gasteiger partial charge in [0.1, 0.15) is 23.2 Å². The predicted molar refractivity (Wildman–Crippen MR) is 231 cm³/mol. The number of nitriles is 1. The van der Waals surface area contributed by atoms with E-state index >= 15 is 4.39 Å². The molecule has 3 saturated heterocycles. The number of urea groups is 1. The van der Waals surface area contributed by atoms with Gasteiger partial charge in [-0.25, -0.2) is 13.7 Å². The maximum atomic E-state index is 15.6. The molecule has 18 heteroatoms. The van der Waals surface area contributed by atoms with E-state index in [1.165, 1.54) is 28.8 Å². The van der Waals surface area contributed by atoms with Crippen molar-refractivity contribution in [2.75, 3.05) is 68.0 Å². The van der Waals surface area contributed by atoms with Crippen LogP contribution in [0.15, 0.2) is 54.9 Å². The summed E-state index contributed by atoms with van der Waals surface area (Å²) in [5.41, 5.74) is 2.34. The highest BCUT2D eigenvalue weighted by atomic mass is 19.1. The van der Waals surface area contributed by atoms with Gasteiger partial charge in [0.05, 0.1) is 47.5 Å². The minimum atomic E-state index is -1.27. The first-order valence-electron chi connectivity index (χ1n) is 21.5. The first-order valence-corrected chi connectivity index (χ1v) is 21.5. The van der Waals surface area contributed by atoms with Crippen molar-refractivity contribution in [3.05, 3.63) is 77.5 Å². The van der Waals surface area contributed by atoms with Gasteiger partial charge in [-0.15, -0.1) is 0 Å².